The van der Waals surface area contributed by atoms with E-state index in [1.54, 1.807) is 37.8 Å². The van der Waals surface area contributed by atoms with Gasteiger partial charge in [-0.3, -0.25) is 4.79 Å². The van der Waals surface area contributed by atoms with Crippen molar-refractivity contribution >= 4 is 23.5 Å². The minimum absolute atomic E-state index is 0.0618. The summed E-state index contributed by atoms with van der Waals surface area (Å²) in [5.74, 6) is 2.63. The molecule has 2 aromatic carbocycles. The molecular formula is C22H23N3O4S. The zero-order chi connectivity index (χ0) is 21.3. The van der Waals surface area contributed by atoms with Crippen LogP contribution in [0.3, 0.4) is 0 Å². The topological polar surface area (TPSA) is 74.6 Å². The van der Waals surface area contributed by atoms with Gasteiger partial charge in [-0.1, -0.05) is 18.2 Å². The van der Waals surface area contributed by atoms with Crippen LogP contribution in [0.4, 0.5) is 5.82 Å². The molecule has 1 aromatic heterocycles. The molecule has 0 aliphatic carbocycles. The third kappa shape index (κ3) is 3.47. The highest BCUT2D eigenvalue weighted by atomic mass is 32.2. The average molecular weight is 426 g/mol. The number of benzene rings is 2. The molecule has 1 aliphatic heterocycles. The Morgan fingerprint density at radius 1 is 1.07 bits per heavy atom. The fourth-order valence-electron chi connectivity index (χ4n) is 3.66. The summed E-state index contributed by atoms with van der Waals surface area (Å²) >= 11 is 1.55. The minimum Gasteiger partial charge on any atom is -0.493 e. The Labute approximate surface area is 179 Å². The van der Waals surface area contributed by atoms with E-state index in [0.717, 1.165) is 22.5 Å². The van der Waals surface area contributed by atoms with Gasteiger partial charge >= 0.3 is 0 Å². The number of amides is 1. The summed E-state index contributed by atoms with van der Waals surface area (Å²) in [5, 5.41) is 7.64. The SMILES string of the molecule is COc1cc([C@@H]2SCC(=O)Nc3c2c(C)nn3-c2ccccc2)cc(OC)c1OC. The second-order valence-electron chi connectivity index (χ2n) is 6.79. The van der Waals surface area contributed by atoms with Crippen molar-refractivity contribution in [3.05, 3.63) is 59.3 Å². The zero-order valence-electron chi connectivity index (χ0n) is 17.3. The second-order valence-corrected chi connectivity index (χ2v) is 7.89. The Morgan fingerprint density at radius 2 is 1.73 bits per heavy atom. The molecule has 4 rings (SSSR count). The Kier molecular flexibility index (Phi) is 5.59. The fraction of sp³-hybridized carbons (Fsp3) is 0.273. The molecule has 0 spiro atoms. The average Bonchev–Trinajstić information content (AvgIpc) is 2.98. The van der Waals surface area contributed by atoms with Gasteiger partial charge in [0.15, 0.2) is 11.5 Å². The van der Waals surface area contributed by atoms with Crippen LogP contribution >= 0.6 is 11.8 Å². The number of carbonyl (C=O) groups excluding carboxylic acids is 1. The van der Waals surface area contributed by atoms with E-state index in [2.05, 4.69) is 5.32 Å². The van der Waals surface area contributed by atoms with Crippen LogP contribution in [0.25, 0.3) is 5.69 Å². The van der Waals surface area contributed by atoms with Crippen LogP contribution in [0.2, 0.25) is 0 Å². The van der Waals surface area contributed by atoms with E-state index >= 15 is 0 Å². The molecule has 0 radical (unpaired) electrons. The van der Waals surface area contributed by atoms with Gasteiger partial charge in [0.05, 0.1) is 43.7 Å². The number of anilines is 1. The number of hydrogen-bond donors (Lipinski definition) is 1. The lowest BCUT2D eigenvalue weighted by Gasteiger charge is -2.19. The van der Waals surface area contributed by atoms with Crippen LogP contribution in [0.5, 0.6) is 17.2 Å². The van der Waals surface area contributed by atoms with E-state index < -0.39 is 0 Å². The third-order valence-electron chi connectivity index (χ3n) is 5.00. The van der Waals surface area contributed by atoms with E-state index in [1.807, 2.05) is 49.4 Å². The standard InChI is InChI=1S/C22H23N3O4S/c1-13-19-21(14-10-16(27-2)20(29-4)17(11-14)28-3)30-12-18(26)23-22(19)25(24-13)15-8-6-5-7-9-15/h5-11,21H,12H2,1-4H3,(H,23,26)/t21-/m0/s1. The number of carbonyl (C=O) groups is 1. The van der Waals surface area contributed by atoms with Crippen LogP contribution in [0, 0.1) is 6.92 Å². The van der Waals surface area contributed by atoms with E-state index in [9.17, 15) is 4.79 Å². The second kappa shape index (κ2) is 8.31. The number of methoxy groups -OCH3 is 3. The fourth-order valence-corrected chi connectivity index (χ4v) is 4.82. The van der Waals surface area contributed by atoms with Crippen molar-refractivity contribution < 1.29 is 19.0 Å². The predicted octanol–water partition coefficient (Wildman–Crippen LogP) is 3.98. The molecule has 0 unspecified atom stereocenters. The molecule has 0 saturated carbocycles. The molecule has 0 saturated heterocycles. The maximum absolute atomic E-state index is 12.5. The van der Waals surface area contributed by atoms with Gasteiger partial charge in [-0.25, -0.2) is 4.68 Å². The van der Waals surface area contributed by atoms with E-state index in [4.69, 9.17) is 19.3 Å². The van der Waals surface area contributed by atoms with Crippen LogP contribution < -0.4 is 19.5 Å². The summed E-state index contributed by atoms with van der Waals surface area (Å²) < 4.78 is 18.3. The molecule has 156 valence electrons. The Bertz CT molecular complexity index is 1060. The molecule has 2 heterocycles. The number of aryl methyl sites for hydroxylation is 1. The quantitative estimate of drug-likeness (QED) is 0.667. The lowest BCUT2D eigenvalue weighted by molar-refractivity contribution is -0.113. The smallest absolute Gasteiger partial charge is 0.235 e. The van der Waals surface area contributed by atoms with Crippen molar-refractivity contribution in [3.63, 3.8) is 0 Å². The highest BCUT2D eigenvalue weighted by Crippen LogP contribution is 2.48. The number of hydrogen-bond acceptors (Lipinski definition) is 6. The van der Waals surface area contributed by atoms with Crippen LogP contribution in [-0.4, -0.2) is 42.8 Å². The summed E-state index contributed by atoms with van der Waals surface area (Å²) in [6.45, 7) is 1.96. The normalized spacial score (nSPS) is 15.7. The first-order chi connectivity index (χ1) is 14.6. The van der Waals surface area contributed by atoms with Crippen LogP contribution in [-0.2, 0) is 4.79 Å². The van der Waals surface area contributed by atoms with E-state index in [0.29, 0.717) is 28.8 Å². The van der Waals surface area contributed by atoms with Gasteiger partial charge in [0.25, 0.3) is 0 Å². The first-order valence-corrected chi connectivity index (χ1v) is 10.5. The number of nitrogens with one attached hydrogen (secondary N) is 1. The van der Waals surface area contributed by atoms with Crippen molar-refractivity contribution in [2.24, 2.45) is 0 Å². The van der Waals surface area contributed by atoms with Gasteiger partial charge in [-0.15, -0.1) is 11.8 Å². The molecule has 1 N–H and O–H groups in total. The summed E-state index contributed by atoms with van der Waals surface area (Å²) in [6.07, 6.45) is 0. The molecule has 1 atom stereocenters. The van der Waals surface area contributed by atoms with Gasteiger partial charge in [0.2, 0.25) is 11.7 Å². The number of thioether (sulfide) groups is 1. The van der Waals surface area contributed by atoms with Gasteiger partial charge in [0, 0.05) is 5.56 Å². The lowest BCUT2D eigenvalue weighted by Crippen LogP contribution is -2.15. The van der Waals surface area contributed by atoms with Crippen molar-refractivity contribution in [2.45, 2.75) is 12.2 Å². The highest BCUT2D eigenvalue weighted by Gasteiger charge is 2.32. The Morgan fingerprint density at radius 3 is 2.33 bits per heavy atom. The highest BCUT2D eigenvalue weighted by molar-refractivity contribution is 8.00. The van der Waals surface area contributed by atoms with Crippen molar-refractivity contribution in [2.75, 3.05) is 32.4 Å². The molecule has 1 amide bonds. The summed E-state index contributed by atoms with van der Waals surface area (Å²) in [5.41, 5.74) is 3.65. The number of ether oxygens (including phenoxy) is 3. The van der Waals surface area contributed by atoms with Crippen molar-refractivity contribution in [1.82, 2.24) is 9.78 Å². The van der Waals surface area contributed by atoms with Gasteiger partial charge < -0.3 is 19.5 Å². The first-order valence-electron chi connectivity index (χ1n) is 9.43. The number of fused-ring (bicyclic) bond motifs is 1. The van der Waals surface area contributed by atoms with Crippen molar-refractivity contribution in [3.8, 4) is 22.9 Å². The van der Waals surface area contributed by atoms with Crippen LogP contribution in [0.1, 0.15) is 22.1 Å². The minimum atomic E-state index is -0.134. The Balaban J connectivity index is 1.90. The maximum Gasteiger partial charge on any atom is 0.235 e. The number of aromatic nitrogens is 2. The first kappa shape index (κ1) is 20.2. The largest absolute Gasteiger partial charge is 0.493 e. The molecule has 1 aliphatic rings. The molecule has 7 nitrogen and oxygen atoms in total. The monoisotopic (exact) mass is 425 g/mol. The summed E-state index contributed by atoms with van der Waals surface area (Å²) in [4.78, 5) is 12.5. The molecular weight excluding hydrogens is 402 g/mol. The van der Waals surface area contributed by atoms with Crippen molar-refractivity contribution in [1.29, 1.82) is 0 Å². The van der Waals surface area contributed by atoms with E-state index in [-0.39, 0.29) is 11.2 Å². The van der Waals surface area contributed by atoms with Gasteiger partial charge in [0.1, 0.15) is 5.82 Å². The molecule has 30 heavy (non-hydrogen) atoms. The number of para-hydroxylation sites is 1. The summed E-state index contributed by atoms with van der Waals surface area (Å²) in [7, 11) is 4.77. The van der Waals surface area contributed by atoms with Gasteiger partial charge in [-0.2, -0.15) is 5.10 Å². The predicted molar refractivity (Wildman–Crippen MR) is 117 cm³/mol. The van der Waals surface area contributed by atoms with Crippen LogP contribution in [0.15, 0.2) is 42.5 Å². The molecule has 8 heteroatoms. The third-order valence-corrected chi connectivity index (χ3v) is 6.27. The zero-order valence-corrected chi connectivity index (χ0v) is 18.1. The number of rotatable bonds is 5. The molecule has 3 aromatic rings. The number of nitrogens with zero attached hydrogens (tertiary/aromatic N) is 2. The molecule has 0 bridgehead atoms. The summed E-state index contributed by atoms with van der Waals surface area (Å²) in [6, 6.07) is 13.6. The Hall–Kier alpha value is -3.13. The lowest BCUT2D eigenvalue weighted by atomic mass is 10.0. The van der Waals surface area contributed by atoms with E-state index in [1.165, 1.54) is 0 Å². The van der Waals surface area contributed by atoms with Gasteiger partial charge in [-0.05, 0) is 36.8 Å². The maximum atomic E-state index is 12.5. The molecule has 0 fully saturated rings.